The first-order valence-corrected chi connectivity index (χ1v) is 10.4. The quantitative estimate of drug-likeness (QED) is 0.797. The highest BCUT2D eigenvalue weighted by atomic mass is 35.5. The molecule has 2 saturated heterocycles. The van der Waals surface area contributed by atoms with E-state index in [1.807, 2.05) is 6.07 Å². The average molecular weight is 390 g/mol. The minimum atomic E-state index is -0.223. The van der Waals surface area contributed by atoms with E-state index in [9.17, 15) is 9.59 Å². The topological polar surface area (TPSA) is 43.9 Å². The summed E-state index contributed by atoms with van der Waals surface area (Å²) in [5, 5.41) is 0.557. The molecule has 2 atom stereocenters. The Kier molecular flexibility index (Phi) is 5.53. The van der Waals surface area contributed by atoms with Gasteiger partial charge in [0, 0.05) is 43.2 Å². The minimum Gasteiger partial charge on any atom is -0.335 e. The number of likely N-dealkylation sites (N-methyl/N-ethyl adjacent to an activating group) is 1. The maximum absolute atomic E-state index is 13.5. The van der Waals surface area contributed by atoms with Gasteiger partial charge in [0.05, 0.1) is 12.0 Å². The lowest BCUT2D eigenvalue weighted by Crippen LogP contribution is -2.58. The Morgan fingerprint density at radius 3 is 2.74 bits per heavy atom. The van der Waals surface area contributed by atoms with Crippen molar-refractivity contribution in [2.75, 3.05) is 46.3 Å². The van der Waals surface area contributed by atoms with Crippen molar-refractivity contribution in [1.82, 2.24) is 14.7 Å². The number of hydrogen-bond acceptors (Lipinski definition) is 4. The highest BCUT2D eigenvalue weighted by Gasteiger charge is 2.38. The highest BCUT2D eigenvalue weighted by molar-refractivity contribution is 6.31. The average Bonchev–Trinajstić information content (AvgIpc) is 3.15. The molecule has 0 aromatic heterocycles. The molecular weight excluding hydrogens is 362 g/mol. The molecule has 0 bridgehead atoms. The number of Topliss-reactive ketones (excluding diaryl/α,β-unsaturated/α-hetero) is 1. The van der Waals surface area contributed by atoms with E-state index in [0.29, 0.717) is 23.4 Å². The molecule has 1 amide bonds. The molecule has 5 nitrogen and oxygen atoms in total. The van der Waals surface area contributed by atoms with Gasteiger partial charge in [-0.25, -0.2) is 0 Å². The molecule has 0 radical (unpaired) electrons. The number of halogens is 1. The molecular formula is C21H28ClN3O2. The van der Waals surface area contributed by atoms with Gasteiger partial charge in [-0.1, -0.05) is 17.7 Å². The van der Waals surface area contributed by atoms with E-state index in [0.717, 1.165) is 44.8 Å². The number of amides is 1. The lowest BCUT2D eigenvalue weighted by Gasteiger charge is -2.43. The molecule has 2 fully saturated rings. The predicted octanol–water partition coefficient (Wildman–Crippen LogP) is 2.64. The second-order valence-corrected chi connectivity index (χ2v) is 8.64. The van der Waals surface area contributed by atoms with Crippen LogP contribution in [0, 0.1) is 0 Å². The van der Waals surface area contributed by atoms with Crippen LogP contribution in [0.15, 0.2) is 18.2 Å². The van der Waals surface area contributed by atoms with E-state index in [-0.39, 0.29) is 23.7 Å². The summed E-state index contributed by atoms with van der Waals surface area (Å²) < 4.78 is 0. The predicted molar refractivity (Wildman–Crippen MR) is 106 cm³/mol. The van der Waals surface area contributed by atoms with Crippen LogP contribution < -0.4 is 0 Å². The number of ketones is 1. The molecule has 27 heavy (non-hydrogen) atoms. The van der Waals surface area contributed by atoms with Crippen LogP contribution in [0.4, 0.5) is 0 Å². The van der Waals surface area contributed by atoms with Gasteiger partial charge >= 0.3 is 0 Å². The van der Waals surface area contributed by atoms with Crippen molar-refractivity contribution < 1.29 is 9.59 Å². The summed E-state index contributed by atoms with van der Waals surface area (Å²) in [5.74, 6) is 0.0614. The zero-order valence-corrected chi connectivity index (χ0v) is 16.7. The van der Waals surface area contributed by atoms with Gasteiger partial charge in [-0.05, 0) is 57.1 Å². The second-order valence-electron chi connectivity index (χ2n) is 8.20. The Balaban J connectivity index is 1.57. The molecule has 1 aromatic rings. The largest absolute Gasteiger partial charge is 0.335 e. The van der Waals surface area contributed by atoms with E-state index >= 15 is 0 Å². The minimum absolute atomic E-state index is 0.101. The van der Waals surface area contributed by atoms with E-state index in [2.05, 4.69) is 21.7 Å². The Bertz CT molecular complexity index is 732. The number of nitrogens with zero attached hydrogens (tertiary/aromatic N) is 3. The monoisotopic (exact) mass is 389 g/mol. The maximum Gasteiger partial charge on any atom is 0.230 e. The first-order chi connectivity index (χ1) is 13.0. The lowest BCUT2D eigenvalue weighted by molar-refractivity contribution is -0.138. The van der Waals surface area contributed by atoms with Crippen molar-refractivity contribution in [3.63, 3.8) is 0 Å². The molecule has 2 unspecified atom stereocenters. The van der Waals surface area contributed by atoms with E-state index in [1.165, 1.54) is 12.8 Å². The Morgan fingerprint density at radius 1 is 1.19 bits per heavy atom. The fourth-order valence-electron chi connectivity index (χ4n) is 4.82. The summed E-state index contributed by atoms with van der Waals surface area (Å²) in [7, 11) is 2.13. The van der Waals surface area contributed by atoms with Crippen molar-refractivity contribution in [2.45, 2.75) is 37.6 Å². The zero-order valence-electron chi connectivity index (χ0n) is 16.0. The maximum atomic E-state index is 13.5. The van der Waals surface area contributed by atoms with Crippen LogP contribution in [-0.2, 0) is 4.79 Å². The number of benzene rings is 1. The van der Waals surface area contributed by atoms with Gasteiger partial charge in [0.2, 0.25) is 5.91 Å². The first-order valence-electron chi connectivity index (χ1n) is 10.1. The fraction of sp³-hybridized carbons (Fsp3) is 0.619. The van der Waals surface area contributed by atoms with Crippen LogP contribution in [0.1, 0.15) is 47.5 Å². The lowest BCUT2D eigenvalue weighted by atomic mass is 9.81. The molecule has 3 aliphatic rings. The molecule has 0 spiro atoms. The van der Waals surface area contributed by atoms with Crippen LogP contribution in [0.2, 0.25) is 5.02 Å². The van der Waals surface area contributed by atoms with Gasteiger partial charge in [-0.2, -0.15) is 0 Å². The summed E-state index contributed by atoms with van der Waals surface area (Å²) >= 11 is 6.09. The van der Waals surface area contributed by atoms with Gasteiger partial charge in [0.1, 0.15) is 0 Å². The van der Waals surface area contributed by atoms with Crippen molar-refractivity contribution in [1.29, 1.82) is 0 Å². The zero-order chi connectivity index (χ0) is 19.0. The molecule has 0 saturated carbocycles. The molecule has 146 valence electrons. The summed E-state index contributed by atoms with van der Waals surface area (Å²) in [6.07, 6.45) is 3.55. The third-order valence-corrected chi connectivity index (χ3v) is 6.52. The van der Waals surface area contributed by atoms with Crippen LogP contribution in [-0.4, -0.2) is 78.7 Å². The summed E-state index contributed by atoms with van der Waals surface area (Å²) in [4.78, 5) is 32.8. The third kappa shape index (κ3) is 3.91. The van der Waals surface area contributed by atoms with Crippen LogP contribution in [0.25, 0.3) is 0 Å². The molecule has 1 aromatic carbocycles. The number of rotatable bonds is 3. The Hall–Kier alpha value is -1.43. The molecule has 6 heteroatoms. The molecule has 2 heterocycles. The summed E-state index contributed by atoms with van der Waals surface area (Å²) in [6, 6.07) is 5.63. The van der Waals surface area contributed by atoms with Gasteiger partial charge in [-0.15, -0.1) is 0 Å². The second kappa shape index (κ2) is 7.90. The number of fused-ring (bicyclic) bond motifs is 1. The number of carbonyl (C=O) groups is 2. The molecule has 0 N–H and O–H groups in total. The number of carbonyl (C=O) groups excluding carboxylic acids is 2. The molecule has 1 aliphatic carbocycles. The Morgan fingerprint density at radius 2 is 1.96 bits per heavy atom. The third-order valence-electron chi connectivity index (χ3n) is 6.29. The van der Waals surface area contributed by atoms with Crippen molar-refractivity contribution in [3.05, 3.63) is 34.3 Å². The molecule has 4 rings (SSSR count). The summed E-state index contributed by atoms with van der Waals surface area (Å²) in [5.41, 5.74) is 1.50. The van der Waals surface area contributed by atoms with Gasteiger partial charge in [0.25, 0.3) is 0 Å². The number of piperazine rings is 1. The van der Waals surface area contributed by atoms with E-state index in [1.54, 1.807) is 12.1 Å². The smallest absolute Gasteiger partial charge is 0.230 e. The van der Waals surface area contributed by atoms with Crippen LogP contribution in [0.5, 0.6) is 0 Å². The highest BCUT2D eigenvalue weighted by Crippen LogP contribution is 2.35. The van der Waals surface area contributed by atoms with Crippen molar-refractivity contribution in [3.8, 4) is 0 Å². The van der Waals surface area contributed by atoms with Gasteiger partial charge in [-0.3, -0.25) is 9.59 Å². The van der Waals surface area contributed by atoms with Crippen molar-refractivity contribution >= 4 is 23.3 Å². The summed E-state index contributed by atoms with van der Waals surface area (Å²) in [6.45, 7) is 5.82. The SMILES string of the molecule is CN1CCN(C(=O)C2CCC(=O)c3cc(Cl)ccc32)C(CN2CCCC2)C1. The fourth-order valence-corrected chi connectivity index (χ4v) is 4.99. The first kappa shape index (κ1) is 18.9. The standard InChI is InChI=1S/C21H28ClN3O2/c1-23-10-11-25(16(13-23)14-24-8-2-3-9-24)21(27)18-6-7-20(26)19-12-15(22)4-5-17(18)19/h4-5,12,16,18H,2-3,6-11,13-14H2,1H3. The molecule has 2 aliphatic heterocycles. The van der Waals surface area contributed by atoms with E-state index in [4.69, 9.17) is 11.6 Å². The number of hydrogen-bond donors (Lipinski definition) is 0. The van der Waals surface area contributed by atoms with Crippen molar-refractivity contribution in [2.24, 2.45) is 0 Å². The van der Waals surface area contributed by atoms with Crippen LogP contribution >= 0.6 is 11.6 Å². The number of likely N-dealkylation sites (tertiary alicyclic amines) is 1. The Labute approximate surface area is 166 Å². The van der Waals surface area contributed by atoms with Gasteiger partial charge < -0.3 is 14.7 Å². The normalized spacial score (nSPS) is 27.0. The van der Waals surface area contributed by atoms with Gasteiger partial charge in [0.15, 0.2) is 5.78 Å². The van der Waals surface area contributed by atoms with Crippen LogP contribution in [0.3, 0.4) is 0 Å². The van der Waals surface area contributed by atoms with E-state index < -0.39 is 0 Å².